The summed E-state index contributed by atoms with van der Waals surface area (Å²) < 4.78 is 5.24. The van der Waals surface area contributed by atoms with E-state index < -0.39 is 0 Å². The molecule has 0 saturated heterocycles. The summed E-state index contributed by atoms with van der Waals surface area (Å²) in [4.78, 5) is 0. The Hall–Kier alpha value is -0.900. The highest BCUT2D eigenvalue weighted by molar-refractivity contribution is 5.19. The Labute approximate surface area is 103 Å². The molecule has 1 aliphatic carbocycles. The van der Waals surface area contributed by atoms with Crippen molar-refractivity contribution in [2.45, 2.75) is 24.9 Å². The Morgan fingerprint density at radius 1 is 1.35 bits per heavy atom. The molecule has 2 N–H and O–H groups in total. The lowest BCUT2D eigenvalue weighted by atomic mass is 10.1. The summed E-state index contributed by atoms with van der Waals surface area (Å²) in [6, 6.07) is 10.5. The van der Waals surface area contributed by atoms with Gasteiger partial charge in [0.05, 0.1) is 19.3 Å². The van der Waals surface area contributed by atoms with E-state index >= 15 is 0 Å². The summed E-state index contributed by atoms with van der Waals surface area (Å²) in [6.07, 6.45) is 2.54. The first kappa shape index (κ1) is 12.6. The Bertz CT molecular complexity index is 324. The monoisotopic (exact) mass is 235 g/mol. The minimum Gasteiger partial charge on any atom is -0.394 e. The topological polar surface area (TPSA) is 41.5 Å². The number of hydrogen-bond acceptors (Lipinski definition) is 3. The van der Waals surface area contributed by atoms with Crippen LogP contribution in [0.4, 0.5) is 0 Å². The second-order valence-corrected chi connectivity index (χ2v) is 4.71. The van der Waals surface area contributed by atoms with Gasteiger partial charge >= 0.3 is 0 Å². The largest absolute Gasteiger partial charge is 0.394 e. The van der Waals surface area contributed by atoms with Crippen molar-refractivity contribution in [2.24, 2.45) is 5.92 Å². The molecular formula is C14H21NO2. The first-order valence-corrected chi connectivity index (χ1v) is 6.26. The van der Waals surface area contributed by atoms with Crippen LogP contribution in [0.3, 0.4) is 0 Å². The van der Waals surface area contributed by atoms with Crippen molar-refractivity contribution in [2.75, 3.05) is 20.3 Å². The predicted octanol–water partition coefficient (Wildman–Crippen LogP) is 1.73. The molecule has 0 heterocycles. The summed E-state index contributed by atoms with van der Waals surface area (Å²) in [7, 11) is 1.73. The van der Waals surface area contributed by atoms with E-state index in [-0.39, 0.29) is 12.6 Å². The van der Waals surface area contributed by atoms with E-state index in [1.807, 2.05) is 30.3 Å². The number of rotatable bonds is 7. The fourth-order valence-electron chi connectivity index (χ4n) is 2.20. The minimum absolute atomic E-state index is 0.0111. The van der Waals surface area contributed by atoms with Gasteiger partial charge < -0.3 is 15.2 Å². The van der Waals surface area contributed by atoms with E-state index in [1.54, 1.807) is 7.11 Å². The van der Waals surface area contributed by atoms with Gasteiger partial charge in [0, 0.05) is 13.2 Å². The van der Waals surface area contributed by atoms with Gasteiger partial charge in [0.25, 0.3) is 0 Å². The van der Waals surface area contributed by atoms with Gasteiger partial charge in [0.15, 0.2) is 0 Å². The standard InChI is InChI=1S/C14H21NO2/c1-17-10-14(12-7-8-12)15-13(9-16)11-5-3-2-4-6-11/h2-6,12-16H,7-10H2,1H3/t13-,14?/m1/s1. The van der Waals surface area contributed by atoms with Crippen LogP contribution < -0.4 is 5.32 Å². The molecule has 1 fully saturated rings. The first-order chi connectivity index (χ1) is 8.35. The number of benzene rings is 1. The maximum Gasteiger partial charge on any atom is 0.0626 e. The number of methoxy groups -OCH3 is 1. The van der Waals surface area contributed by atoms with Crippen LogP contribution in [0.15, 0.2) is 30.3 Å². The third-order valence-corrected chi connectivity index (χ3v) is 3.34. The number of hydrogen-bond donors (Lipinski definition) is 2. The molecule has 17 heavy (non-hydrogen) atoms. The number of aliphatic hydroxyl groups excluding tert-OH is 1. The van der Waals surface area contributed by atoms with Crippen LogP contribution in [0.1, 0.15) is 24.4 Å². The Morgan fingerprint density at radius 3 is 2.59 bits per heavy atom. The summed E-state index contributed by atoms with van der Waals surface area (Å²) in [5, 5.41) is 13.0. The Morgan fingerprint density at radius 2 is 2.06 bits per heavy atom. The van der Waals surface area contributed by atoms with Crippen LogP contribution >= 0.6 is 0 Å². The average molecular weight is 235 g/mol. The van der Waals surface area contributed by atoms with Gasteiger partial charge in [-0.3, -0.25) is 0 Å². The van der Waals surface area contributed by atoms with Gasteiger partial charge in [-0.25, -0.2) is 0 Å². The molecular weight excluding hydrogens is 214 g/mol. The third-order valence-electron chi connectivity index (χ3n) is 3.34. The molecule has 0 bridgehead atoms. The third kappa shape index (κ3) is 3.53. The molecule has 0 radical (unpaired) electrons. The molecule has 1 unspecified atom stereocenters. The minimum atomic E-state index is 0.0111. The molecule has 1 aromatic rings. The number of ether oxygens (including phenoxy) is 1. The highest BCUT2D eigenvalue weighted by atomic mass is 16.5. The van der Waals surface area contributed by atoms with Gasteiger partial charge in [0.1, 0.15) is 0 Å². The number of nitrogens with one attached hydrogen (secondary N) is 1. The molecule has 3 heteroatoms. The van der Waals surface area contributed by atoms with Gasteiger partial charge in [-0.05, 0) is 24.3 Å². The van der Waals surface area contributed by atoms with E-state index in [0.29, 0.717) is 18.6 Å². The van der Waals surface area contributed by atoms with E-state index in [0.717, 1.165) is 5.56 Å². The first-order valence-electron chi connectivity index (χ1n) is 6.26. The fraction of sp³-hybridized carbons (Fsp3) is 0.571. The van der Waals surface area contributed by atoms with Crippen molar-refractivity contribution in [3.05, 3.63) is 35.9 Å². The summed E-state index contributed by atoms with van der Waals surface area (Å²) in [6.45, 7) is 0.838. The lowest BCUT2D eigenvalue weighted by Gasteiger charge is -2.24. The normalized spacial score (nSPS) is 18.9. The zero-order chi connectivity index (χ0) is 12.1. The smallest absolute Gasteiger partial charge is 0.0626 e. The zero-order valence-electron chi connectivity index (χ0n) is 10.3. The lowest BCUT2D eigenvalue weighted by Crippen LogP contribution is -2.39. The molecule has 1 saturated carbocycles. The van der Waals surface area contributed by atoms with E-state index in [9.17, 15) is 5.11 Å². The predicted molar refractivity (Wildman–Crippen MR) is 67.8 cm³/mol. The molecule has 3 nitrogen and oxygen atoms in total. The highest BCUT2D eigenvalue weighted by Crippen LogP contribution is 2.33. The average Bonchev–Trinajstić information content (AvgIpc) is 3.20. The maximum absolute atomic E-state index is 9.50. The van der Waals surface area contributed by atoms with Crippen molar-refractivity contribution in [3.63, 3.8) is 0 Å². The molecule has 0 aliphatic heterocycles. The molecule has 2 atom stereocenters. The van der Waals surface area contributed by atoms with E-state index in [1.165, 1.54) is 12.8 Å². The quantitative estimate of drug-likeness (QED) is 0.756. The number of aliphatic hydroxyl groups is 1. The van der Waals surface area contributed by atoms with Crippen LogP contribution in [0.2, 0.25) is 0 Å². The fourth-order valence-corrected chi connectivity index (χ4v) is 2.20. The molecule has 0 amide bonds. The summed E-state index contributed by atoms with van der Waals surface area (Å²) >= 11 is 0. The summed E-state index contributed by atoms with van der Waals surface area (Å²) in [5.74, 6) is 0.715. The van der Waals surface area contributed by atoms with Gasteiger partial charge in [0.2, 0.25) is 0 Å². The zero-order valence-corrected chi connectivity index (χ0v) is 10.3. The van der Waals surface area contributed by atoms with Crippen molar-refractivity contribution in [1.82, 2.24) is 5.32 Å². The van der Waals surface area contributed by atoms with Gasteiger partial charge in [-0.1, -0.05) is 30.3 Å². The highest BCUT2D eigenvalue weighted by Gasteiger charge is 2.32. The lowest BCUT2D eigenvalue weighted by molar-refractivity contribution is 0.139. The van der Waals surface area contributed by atoms with Crippen molar-refractivity contribution in [3.8, 4) is 0 Å². The molecule has 1 aliphatic rings. The molecule has 2 rings (SSSR count). The van der Waals surface area contributed by atoms with Crippen LogP contribution in [-0.2, 0) is 4.74 Å². The van der Waals surface area contributed by atoms with Crippen LogP contribution in [0, 0.1) is 5.92 Å². The van der Waals surface area contributed by atoms with Crippen molar-refractivity contribution >= 4 is 0 Å². The van der Waals surface area contributed by atoms with Gasteiger partial charge in [-0.15, -0.1) is 0 Å². The summed E-state index contributed by atoms with van der Waals surface area (Å²) in [5.41, 5.74) is 1.14. The van der Waals surface area contributed by atoms with Crippen LogP contribution in [0.5, 0.6) is 0 Å². The van der Waals surface area contributed by atoms with E-state index in [4.69, 9.17) is 4.74 Å². The second-order valence-electron chi connectivity index (χ2n) is 4.71. The molecule has 0 spiro atoms. The Kier molecular flexibility index (Phi) is 4.54. The van der Waals surface area contributed by atoms with E-state index in [2.05, 4.69) is 5.32 Å². The van der Waals surface area contributed by atoms with Crippen LogP contribution in [0.25, 0.3) is 0 Å². The van der Waals surface area contributed by atoms with Crippen molar-refractivity contribution < 1.29 is 9.84 Å². The second kappa shape index (κ2) is 6.15. The Balaban J connectivity index is 1.98. The van der Waals surface area contributed by atoms with Gasteiger partial charge in [-0.2, -0.15) is 0 Å². The molecule has 94 valence electrons. The molecule has 1 aromatic carbocycles. The SMILES string of the molecule is COCC(N[C@H](CO)c1ccccc1)C1CC1. The van der Waals surface area contributed by atoms with Crippen molar-refractivity contribution in [1.29, 1.82) is 0 Å². The maximum atomic E-state index is 9.50. The van der Waals surface area contributed by atoms with Crippen LogP contribution in [-0.4, -0.2) is 31.5 Å². The molecule has 0 aromatic heterocycles.